The highest BCUT2D eigenvalue weighted by atomic mass is 16.7. The smallest absolute Gasteiger partial charge is 0.331 e. The van der Waals surface area contributed by atoms with E-state index >= 15 is 0 Å². The lowest BCUT2D eigenvalue weighted by atomic mass is 10.0. The van der Waals surface area contributed by atoms with E-state index in [4.69, 9.17) is 14.2 Å². The second kappa shape index (κ2) is 7.44. The van der Waals surface area contributed by atoms with Gasteiger partial charge in [0.15, 0.2) is 17.6 Å². The van der Waals surface area contributed by atoms with Crippen molar-refractivity contribution >= 4 is 17.8 Å². The first-order valence-electron chi connectivity index (χ1n) is 8.34. The monoisotopic (exact) mass is 352 g/mol. The number of carbonyl (C=O) groups is 2. The van der Waals surface area contributed by atoms with Gasteiger partial charge in [-0.15, -0.1) is 0 Å². The standard InChI is InChI=1S/C21H20O5/c1-13-4-7-17(10-14(13)2)21(23)15(3)26-20(22)9-6-16-5-8-18-19(11-16)25-12-24-18/h4-11,15H,12H2,1-3H3/b9-6+. The molecule has 0 aromatic heterocycles. The van der Waals surface area contributed by atoms with Crippen LogP contribution in [0.2, 0.25) is 0 Å². The summed E-state index contributed by atoms with van der Waals surface area (Å²) in [5.74, 6) is 0.515. The average molecular weight is 352 g/mol. The van der Waals surface area contributed by atoms with E-state index in [0.29, 0.717) is 17.1 Å². The van der Waals surface area contributed by atoms with Gasteiger partial charge in [-0.2, -0.15) is 0 Å². The second-order valence-electron chi connectivity index (χ2n) is 6.19. The third kappa shape index (κ3) is 3.94. The van der Waals surface area contributed by atoms with Gasteiger partial charge in [0.05, 0.1) is 0 Å². The fourth-order valence-corrected chi connectivity index (χ4v) is 2.58. The van der Waals surface area contributed by atoms with Crippen LogP contribution in [0.15, 0.2) is 42.5 Å². The Hall–Kier alpha value is -3.08. The molecule has 0 aliphatic carbocycles. The summed E-state index contributed by atoms with van der Waals surface area (Å²) in [6, 6.07) is 10.8. The van der Waals surface area contributed by atoms with Gasteiger partial charge in [0, 0.05) is 11.6 Å². The number of aryl methyl sites for hydroxylation is 2. The quantitative estimate of drug-likeness (QED) is 0.464. The van der Waals surface area contributed by atoms with E-state index in [2.05, 4.69) is 0 Å². The van der Waals surface area contributed by atoms with Crippen molar-refractivity contribution in [3.8, 4) is 11.5 Å². The van der Waals surface area contributed by atoms with Gasteiger partial charge in [-0.25, -0.2) is 4.79 Å². The molecule has 1 unspecified atom stereocenters. The minimum absolute atomic E-state index is 0.197. The Morgan fingerprint density at radius 3 is 2.58 bits per heavy atom. The normalized spacial score (nSPS) is 13.7. The molecular formula is C21H20O5. The summed E-state index contributed by atoms with van der Waals surface area (Å²) in [5.41, 5.74) is 3.45. The number of carbonyl (C=O) groups excluding carboxylic acids is 2. The Morgan fingerprint density at radius 1 is 1.04 bits per heavy atom. The summed E-state index contributed by atoms with van der Waals surface area (Å²) >= 11 is 0. The zero-order valence-electron chi connectivity index (χ0n) is 14.9. The molecule has 2 aromatic carbocycles. The summed E-state index contributed by atoms with van der Waals surface area (Å²) in [7, 11) is 0. The van der Waals surface area contributed by atoms with Crippen molar-refractivity contribution in [3.05, 3.63) is 64.7 Å². The molecule has 5 heteroatoms. The summed E-state index contributed by atoms with van der Waals surface area (Å²) in [6.07, 6.45) is 2.05. The van der Waals surface area contributed by atoms with E-state index in [1.165, 1.54) is 6.08 Å². The van der Waals surface area contributed by atoms with Crippen LogP contribution in [0.3, 0.4) is 0 Å². The molecule has 1 atom stereocenters. The van der Waals surface area contributed by atoms with Gasteiger partial charge in [-0.05, 0) is 61.7 Å². The predicted octanol–water partition coefficient (Wildman–Crippen LogP) is 3.86. The second-order valence-corrected chi connectivity index (χ2v) is 6.19. The highest BCUT2D eigenvalue weighted by Crippen LogP contribution is 2.32. The molecule has 0 saturated heterocycles. The molecule has 0 radical (unpaired) electrons. The van der Waals surface area contributed by atoms with E-state index in [1.54, 1.807) is 37.3 Å². The molecule has 1 aliphatic rings. The summed E-state index contributed by atoms with van der Waals surface area (Å²) in [6.45, 7) is 5.69. The molecule has 26 heavy (non-hydrogen) atoms. The van der Waals surface area contributed by atoms with Gasteiger partial charge in [-0.3, -0.25) is 4.79 Å². The molecule has 1 heterocycles. The summed E-state index contributed by atoms with van der Waals surface area (Å²) in [5, 5.41) is 0. The first-order chi connectivity index (χ1) is 12.4. The number of hydrogen-bond donors (Lipinski definition) is 0. The first kappa shape index (κ1) is 17.7. The van der Waals surface area contributed by atoms with Crippen LogP contribution < -0.4 is 9.47 Å². The van der Waals surface area contributed by atoms with Crippen LogP contribution in [-0.4, -0.2) is 24.6 Å². The number of Topliss-reactive ketones (excluding diaryl/α,β-unsaturated/α-hetero) is 1. The number of ether oxygens (including phenoxy) is 3. The number of benzene rings is 2. The topological polar surface area (TPSA) is 61.8 Å². The average Bonchev–Trinajstić information content (AvgIpc) is 3.09. The minimum atomic E-state index is -0.856. The molecule has 0 fully saturated rings. The fraction of sp³-hybridized carbons (Fsp3) is 0.238. The maximum absolute atomic E-state index is 12.4. The predicted molar refractivity (Wildman–Crippen MR) is 97.4 cm³/mol. The van der Waals surface area contributed by atoms with E-state index in [0.717, 1.165) is 16.7 Å². The van der Waals surface area contributed by atoms with Gasteiger partial charge < -0.3 is 14.2 Å². The van der Waals surface area contributed by atoms with Crippen LogP contribution in [-0.2, 0) is 9.53 Å². The summed E-state index contributed by atoms with van der Waals surface area (Å²) < 4.78 is 15.8. The number of ketones is 1. The molecule has 1 aliphatic heterocycles. The zero-order chi connectivity index (χ0) is 18.7. The van der Waals surface area contributed by atoms with Crippen LogP contribution >= 0.6 is 0 Å². The van der Waals surface area contributed by atoms with E-state index in [1.807, 2.05) is 26.0 Å². The molecule has 2 aromatic rings. The van der Waals surface area contributed by atoms with Crippen LogP contribution in [0.1, 0.15) is 34.0 Å². The van der Waals surface area contributed by atoms with Crippen molar-refractivity contribution in [2.75, 3.05) is 6.79 Å². The SMILES string of the molecule is Cc1ccc(C(=O)C(C)OC(=O)/C=C/c2ccc3c(c2)OCO3)cc1C. The maximum atomic E-state index is 12.4. The first-order valence-corrected chi connectivity index (χ1v) is 8.34. The van der Waals surface area contributed by atoms with Gasteiger partial charge >= 0.3 is 5.97 Å². The van der Waals surface area contributed by atoms with Gasteiger partial charge in [0.2, 0.25) is 12.6 Å². The number of rotatable bonds is 5. The minimum Gasteiger partial charge on any atom is -0.454 e. The Balaban J connectivity index is 1.61. The Bertz CT molecular complexity index is 882. The van der Waals surface area contributed by atoms with Crippen molar-refractivity contribution in [2.45, 2.75) is 26.9 Å². The van der Waals surface area contributed by atoms with Crippen molar-refractivity contribution < 1.29 is 23.8 Å². The third-order valence-corrected chi connectivity index (χ3v) is 4.26. The fourth-order valence-electron chi connectivity index (χ4n) is 2.58. The highest BCUT2D eigenvalue weighted by Gasteiger charge is 2.19. The van der Waals surface area contributed by atoms with Crippen molar-refractivity contribution in [2.24, 2.45) is 0 Å². The Kier molecular flexibility index (Phi) is 5.07. The van der Waals surface area contributed by atoms with Crippen molar-refractivity contribution in [1.29, 1.82) is 0 Å². The maximum Gasteiger partial charge on any atom is 0.331 e. The molecule has 5 nitrogen and oxygen atoms in total. The molecule has 0 spiro atoms. The lowest BCUT2D eigenvalue weighted by molar-refractivity contribution is -0.140. The van der Waals surface area contributed by atoms with E-state index < -0.39 is 12.1 Å². The number of fused-ring (bicyclic) bond motifs is 1. The van der Waals surface area contributed by atoms with Crippen LogP contribution in [0.25, 0.3) is 6.08 Å². The molecular weight excluding hydrogens is 332 g/mol. The van der Waals surface area contributed by atoms with Crippen LogP contribution in [0, 0.1) is 13.8 Å². The summed E-state index contributed by atoms with van der Waals surface area (Å²) in [4.78, 5) is 24.4. The van der Waals surface area contributed by atoms with Crippen LogP contribution in [0.4, 0.5) is 0 Å². The van der Waals surface area contributed by atoms with Gasteiger partial charge in [0.1, 0.15) is 0 Å². The molecule has 0 N–H and O–H groups in total. The van der Waals surface area contributed by atoms with E-state index in [9.17, 15) is 9.59 Å². The lowest BCUT2D eigenvalue weighted by Crippen LogP contribution is -2.23. The Morgan fingerprint density at radius 2 is 1.81 bits per heavy atom. The Labute approximate surface area is 152 Å². The number of hydrogen-bond acceptors (Lipinski definition) is 5. The van der Waals surface area contributed by atoms with Gasteiger partial charge in [-0.1, -0.05) is 18.2 Å². The number of esters is 1. The molecule has 0 saturated carbocycles. The van der Waals surface area contributed by atoms with Crippen molar-refractivity contribution in [1.82, 2.24) is 0 Å². The zero-order valence-corrected chi connectivity index (χ0v) is 14.9. The third-order valence-electron chi connectivity index (χ3n) is 4.26. The molecule has 0 amide bonds. The highest BCUT2D eigenvalue weighted by molar-refractivity contribution is 6.01. The van der Waals surface area contributed by atoms with Crippen molar-refractivity contribution in [3.63, 3.8) is 0 Å². The lowest BCUT2D eigenvalue weighted by Gasteiger charge is -2.12. The largest absolute Gasteiger partial charge is 0.454 e. The molecule has 3 rings (SSSR count). The van der Waals surface area contributed by atoms with E-state index in [-0.39, 0.29) is 12.6 Å². The van der Waals surface area contributed by atoms with Gasteiger partial charge in [0.25, 0.3) is 0 Å². The van der Waals surface area contributed by atoms with Crippen LogP contribution in [0.5, 0.6) is 11.5 Å². The molecule has 0 bridgehead atoms. The molecule has 134 valence electrons.